The van der Waals surface area contributed by atoms with Crippen LogP contribution < -0.4 is 10.6 Å². The molecule has 0 aromatic heterocycles. The second-order valence-electron chi connectivity index (χ2n) is 3.99. The maximum absolute atomic E-state index is 11.9. The Morgan fingerprint density at radius 2 is 2.00 bits per heavy atom. The van der Waals surface area contributed by atoms with Crippen LogP contribution in [0, 0.1) is 0 Å². The number of carbonyl (C=O) groups is 3. The highest BCUT2D eigenvalue weighted by atomic mass is 16.4. The van der Waals surface area contributed by atoms with Gasteiger partial charge in [0.1, 0.15) is 0 Å². The summed E-state index contributed by atoms with van der Waals surface area (Å²) in [7, 11) is 0. The number of amides is 2. The van der Waals surface area contributed by atoms with Gasteiger partial charge in [0.05, 0.1) is 17.4 Å². The number of phenolic OH excluding ortho intramolecular Hbond substituents is 1. The highest BCUT2D eigenvalue weighted by Crippen LogP contribution is 2.26. The molecule has 0 heterocycles. The molecule has 0 fully saturated rings. The topological polar surface area (TPSA) is 136 Å². The van der Waals surface area contributed by atoms with Crippen molar-refractivity contribution in [3.05, 3.63) is 23.8 Å². The zero-order chi connectivity index (χ0) is 15.3. The van der Waals surface area contributed by atoms with E-state index in [1.54, 1.807) is 0 Å². The number of nitrogens with one attached hydrogen (secondary N) is 2. The number of benzene rings is 1. The minimum absolute atomic E-state index is 0.0107. The standard InChI is InChI=1S/C12H14N2O6/c1-6(16)9(12(19)20)14-11(18)7-3-2-4-8(10(7)17)13-5-15/h2-6,9,16-17H,1H3,(H,13,15)(H,14,18)(H,19,20)/t6-,9+/m0/s1. The number of phenols is 1. The fourth-order valence-corrected chi connectivity index (χ4v) is 1.51. The van der Waals surface area contributed by atoms with Crippen molar-refractivity contribution in [1.29, 1.82) is 0 Å². The molecular weight excluding hydrogens is 268 g/mol. The van der Waals surface area contributed by atoms with E-state index in [1.807, 2.05) is 0 Å². The minimum atomic E-state index is -1.51. The number of hydrogen-bond acceptors (Lipinski definition) is 5. The van der Waals surface area contributed by atoms with E-state index in [2.05, 4.69) is 10.6 Å². The summed E-state index contributed by atoms with van der Waals surface area (Å²) in [6.45, 7) is 1.21. The molecule has 2 amide bonds. The lowest BCUT2D eigenvalue weighted by Gasteiger charge is -2.17. The Balaban J connectivity index is 3.00. The number of rotatable bonds is 6. The Morgan fingerprint density at radius 3 is 2.50 bits per heavy atom. The van der Waals surface area contributed by atoms with Crippen LogP contribution in [0.1, 0.15) is 17.3 Å². The van der Waals surface area contributed by atoms with Crippen molar-refractivity contribution in [2.45, 2.75) is 19.1 Å². The van der Waals surface area contributed by atoms with Gasteiger partial charge < -0.3 is 26.0 Å². The molecule has 2 atom stereocenters. The van der Waals surface area contributed by atoms with E-state index in [4.69, 9.17) is 5.11 Å². The molecule has 0 aliphatic carbocycles. The molecule has 8 nitrogen and oxygen atoms in total. The van der Waals surface area contributed by atoms with E-state index in [0.29, 0.717) is 6.41 Å². The molecule has 0 saturated heterocycles. The number of para-hydroxylation sites is 1. The molecule has 1 rings (SSSR count). The third-order valence-corrected chi connectivity index (χ3v) is 2.53. The molecule has 108 valence electrons. The highest BCUT2D eigenvalue weighted by molar-refractivity contribution is 6.01. The Kier molecular flexibility index (Phi) is 5.04. The van der Waals surface area contributed by atoms with E-state index in [0.717, 1.165) is 0 Å². The summed E-state index contributed by atoms with van der Waals surface area (Å²) in [5.41, 5.74) is -0.208. The summed E-state index contributed by atoms with van der Waals surface area (Å²) in [6.07, 6.45) is -0.984. The molecule has 0 aliphatic heterocycles. The van der Waals surface area contributed by atoms with Gasteiger partial charge in [-0.2, -0.15) is 0 Å². The summed E-state index contributed by atoms with van der Waals surface area (Å²) >= 11 is 0. The zero-order valence-electron chi connectivity index (χ0n) is 10.5. The van der Waals surface area contributed by atoms with Gasteiger partial charge >= 0.3 is 5.97 Å². The van der Waals surface area contributed by atoms with Crippen LogP contribution in [0.5, 0.6) is 5.75 Å². The Hall–Kier alpha value is -2.61. The molecule has 8 heteroatoms. The van der Waals surface area contributed by atoms with Crippen molar-refractivity contribution in [1.82, 2.24) is 5.32 Å². The van der Waals surface area contributed by atoms with E-state index in [1.165, 1.54) is 25.1 Å². The van der Waals surface area contributed by atoms with Crippen molar-refractivity contribution in [3.63, 3.8) is 0 Å². The lowest BCUT2D eigenvalue weighted by Crippen LogP contribution is -2.47. The number of anilines is 1. The van der Waals surface area contributed by atoms with Crippen molar-refractivity contribution in [2.75, 3.05) is 5.32 Å². The Morgan fingerprint density at radius 1 is 1.35 bits per heavy atom. The predicted octanol–water partition coefficient (Wildman–Crippen LogP) is -0.476. The van der Waals surface area contributed by atoms with Crippen LogP contribution in [-0.4, -0.2) is 45.8 Å². The van der Waals surface area contributed by atoms with Gasteiger partial charge in [-0.1, -0.05) is 6.07 Å². The van der Waals surface area contributed by atoms with Gasteiger partial charge in [0, 0.05) is 0 Å². The van der Waals surface area contributed by atoms with Crippen LogP contribution in [0.15, 0.2) is 18.2 Å². The maximum atomic E-state index is 11.9. The van der Waals surface area contributed by atoms with E-state index >= 15 is 0 Å². The number of aliphatic hydroxyl groups is 1. The number of carboxylic acid groups (broad SMARTS) is 1. The van der Waals surface area contributed by atoms with Crippen LogP contribution >= 0.6 is 0 Å². The first-order chi connectivity index (χ1) is 9.38. The summed E-state index contributed by atoms with van der Waals surface area (Å²) in [6, 6.07) is 2.51. The largest absolute Gasteiger partial charge is 0.505 e. The normalized spacial score (nSPS) is 13.1. The highest BCUT2D eigenvalue weighted by Gasteiger charge is 2.26. The summed E-state index contributed by atoms with van der Waals surface area (Å²) in [4.78, 5) is 33.1. The lowest BCUT2D eigenvalue weighted by molar-refractivity contribution is -0.141. The van der Waals surface area contributed by atoms with Crippen molar-refractivity contribution in [2.24, 2.45) is 0 Å². The Labute approximate surface area is 114 Å². The fraction of sp³-hybridized carbons (Fsp3) is 0.250. The molecule has 20 heavy (non-hydrogen) atoms. The lowest BCUT2D eigenvalue weighted by atomic mass is 10.1. The average Bonchev–Trinajstić information content (AvgIpc) is 2.37. The second-order valence-corrected chi connectivity index (χ2v) is 3.99. The van der Waals surface area contributed by atoms with Crippen LogP contribution in [0.2, 0.25) is 0 Å². The first kappa shape index (κ1) is 15.4. The smallest absolute Gasteiger partial charge is 0.328 e. The summed E-state index contributed by atoms with van der Waals surface area (Å²) < 4.78 is 0. The monoisotopic (exact) mass is 282 g/mol. The zero-order valence-corrected chi connectivity index (χ0v) is 10.5. The van der Waals surface area contributed by atoms with E-state index < -0.39 is 29.8 Å². The molecule has 5 N–H and O–H groups in total. The molecule has 0 aliphatic rings. The molecule has 1 aromatic carbocycles. The van der Waals surface area contributed by atoms with Crippen molar-refractivity contribution >= 4 is 24.0 Å². The Bertz CT molecular complexity index is 529. The SMILES string of the molecule is C[C@H](O)[C@@H](NC(=O)c1cccc(NC=O)c1O)C(=O)O. The number of aliphatic carboxylic acids is 1. The van der Waals surface area contributed by atoms with Crippen molar-refractivity contribution in [3.8, 4) is 5.75 Å². The van der Waals surface area contributed by atoms with Gasteiger partial charge in [-0.05, 0) is 19.1 Å². The number of carboxylic acids is 1. The van der Waals surface area contributed by atoms with E-state index in [-0.39, 0.29) is 11.3 Å². The minimum Gasteiger partial charge on any atom is -0.505 e. The average molecular weight is 282 g/mol. The van der Waals surface area contributed by atoms with Crippen molar-refractivity contribution < 1.29 is 29.7 Å². The van der Waals surface area contributed by atoms with Crippen LogP contribution in [0.4, 0.5) is 5.69 Å². The van der Waals surface area contributed by atoms with Gasteiger partial charge in [0.15, 0.2) is 11.8 Å². The first-order valence-corrected chi connectivity index (χ1v) is 5.62. The molecular formula is C12H14N2O6. The number of hydrogen-bond donors (Lipinski definition) is 5. The number of aliphatic hydroxyl groups excluding tert-OH is 1. The van der Waals surface area contributed by atoms with Crippen LogP contribution in [-0.2, 0) is 9.59 Å². The van der Waals surface area contributed by atoms with Gasteiger partial charge in [-0.25, -0.2) is 4.79 Å². The van der Waals surface area contributed by atoms with Crippen LogP contribution in [0.25, 0.3) is 0 Å². The van der Waals surface area contributed by atoms with Gasteiger partial charge in [0.2, 0.25) is 6.41 Å². The molecule has 0 radical (unpaired) electrons. The maximum Gasteiger partial charge on any atom is 0.328 e. The molecule has 1 aromatic rings. The second kappa shape index (κ2) is 6.53. The quantitative estimate of drug-likeness (QED) is 0.353. The molecule has 0 unspecified atom stereocenters. The number of aromatic hydroxyl groups is 1. The number of carbonyl (C=O) groups excluding carboxylic acids is 2. The van der Waals surface area contributed by atoms with Gasteiger partial charge in [0.25, 0.3) is 5.91 Å². The van der Waals surface area contributed by atoms with Gasteiger partial charge in [-0.3, -0.25) is 9.59 Å². The fourth-order valence-electron chi connectivity index (χ4n) is 1.51. The molecule has 0 spiro atoms. The third-order valence-electron chi connectivity index (χ3n) is 2.53. The predicted molar refractivity (Wildman–Crippen MR) is 68.4 cm³/mol. The third kappa shape index (κ3) is 3.45. The summed E-state index contributed by atoms with van der Waals surface area (Å²) in [5, 5.41) is 32.2. The first-order valence-electron chi connectivity index (χ1n) is 5.62. The van der Waals surface area contributed by atoms with Gasteiger partial charge in [-0.15, -0.1) is 0 Å². The van der Waals surface area contributed by atoms with E-state index in [9.17, 15) is 24.6 Å². The molecule has 0 bridgehead atoms. The van der Waals surface area contributed by atoms with Crippen LogP contribution in [0.3, 0.4) is 0 Å². The summed E-state index contributed by atoms with van der Waals surface area (Å²) in [5.74, 6) is -2.79. The molecule has 0 saturated carbocycles.